The van der Waals surface area contributed by atoms with E-state index in [2.05, 4.69) is 15.4 Å². The summed E-state index contributed by atoms with van der Waals surface area (Å²) < 4.78 is 14.3. The zero-order chi connectivity index (χ0) is 22.9. The van der Waals surface area contributed by atoms with E-state index >= 15 is 0 Å². The van der Waals surface area contributed by atoms with Gasteiger partial charge in [0, 0.05) is 13.2 Å². The molecule has 0 bridgehead atoms. The fourth-order valence-electron chi connectivity index (χ4n) is 4.01. The fourth-order valence-corrected chi connectivity index (χ4v) is 4.01. The number of fused-ring (bicyclic) bond motifs is 3. The topological polar surface area (TPSA) is 99.8 Å². The molecule has 5 rings (SSSR count). The van der Waals surface area contributed by atoms with Crippen LogP contribution in [0.25, 0.3) is 16.7 Å². The van der Waals surface area contributed by atoms with Crippen molar-refractivity contribution in [2.45, 2.75) is 39.3 Å². The van der Waals surface area contributed by atoms with Crippen molar-refractivity contribution in [2.75, 3.05) is 13.2 Å². The Kier molecular flexibility index (Phi) is 5.55. The Morgan fingerprint density at radius 1 is 1.21 bits per heavy atom. The highest BCUT2D eigenvalue weighted by Gasteiger charge is 2.21. The van der Waals surface area contributed by atoms with Crippen molar-refractivity contribution in [1.82, 2.24) is 24.5 Å². The molecule has 170 valence electrons. The predicted octanol–water partition coefficient (Wildman–Crippen LogP) is 2.75. The first kappa shape index (κ1) is 21.1. The van der Waals surface area contributed by atoms with E-state index in [1.807, 2.05) is 50.2 Å². The minimum absolute atomic E-state index is 0.0254. The molecule has 1 amide bonds. The highest BCUT2D eigenvalue weighted by Crippen LogP contribution is 2.29. The second kappa shape index (κ2) is 8.67. The molecule has 0 spiro atoms. The van der Waals surface area contributed by atoms with Gasteiger partial charge >= 0.3 is 5.69 Å². The van der Waals surface area contributed by atoms with Crippen molar-refractivity contribution >= 4 is 22.6 Å². The third-order valence-electron chi connectivity index (χ3n) is 5.98. The van der Waals surface area contributed by atoms with Crippen LogP contribution in [0.4, 0.5) is 0 Å². The summed E-state index contributed by atoms with van der Waals surface area (Å²) in [5, 5.41) is 7.25. The second-order valence-electron chi connectivity index (χ2n) is 8.24. The Morgan fingerprint density at radius 3 is 2.88 bits per heavy atom. The third kappa shape index (κ3) is 4.07. The van der Waals surface area contributed by atoms with E-state index in [0.29, 0.717) is 23.3 Å². The van der Waals surface area contributed by atoms with E-state index in [0.717, 1.165) is 35.3 Å². The highest BCUT2D eigenvalue weighted by atomic mass is 16.5. The van der Waals surface area contributed by atoms with Crippen molar-refractivity contribution in [3.8, 4) is 11.6 Å². The maximum absolute atomic E-state index is 13.2. The number of hydrogen-bond donors (Lipinski definition) is 1. The Hall–Kier alpha value is -3.72. The first-order chi connectivity index (χ1) is 16.0. The van der Waals surface area contributed by atoms with Gasteiger partial charge in [0.05, 0.1) is 17.1 Å². The largest absolute Gasteiger partial charge is 0.436 e. The van der Waals surface area contributed by atoms with Crippen LogP contribution in [0.15, 0.2) is 47.3 Å². The molecule has 1 fully saturated rings. The van der Waals surface area contributed by atoms with Crippen LogP contribution in [-0.2, 0) is 16.1 Å². The summed E-state index contributed by atoms with van der Waals surface area (Å²) in [7, 11) is 0. The van der Waals surface area contributed by atoms with Crippen molar-refractivity contribution in [2.24, 2.45) is 0 Å². The maximum atomic E-state index is 13.2. The van der Waals surface area contributed by atoms with Gasteiger partial charge < -0.3 is 14.8 Å². The number of para-hydroxylation sites is 2. The van der Waals surface area contributed by atoms with Crippen LogP contribution >= 0.6 is 0 Å². The number of hydrogen-bond acceptors (Lipinski definition) is 6. The molecule has 0 aliphatic carbocycles. The lowest BCUT2D eigenvalue weighted by Crippen LogP contribution is -2.36. The zero-order valence-electron chi connectivity index (χ0n) is 18.6. The molecule has 1 aliphatic rings. The van der Waals surface area contributed by atoms with Gasteiger partial charge in [0.1, 0.15) is 12.3 Å². The molecular formula is C24H25N5O4. The standard InChI is InChI=1S/C24H25N5O4/c1-15-7-5-11-20(16(15)2)33-23-22-27-28(14-21(30)25-13-17-8-6-12-32-17)24(31)29(22)19-10-4-3-9-18(19)26-23/h3-5,7,9-11,17H,6,8,12-14H2,1-2H3,(H,25,30)/t17-/m0/s1. The Labute approximate surface area is 190 Å². The number of carbonyl (C=O) groups is 1. The number of nitrogens with one attached hydrogen (secondary N) is 1. The van der Waals surface area contributed by atoms with Crippen molar-refractivity contribution in [3.63, 3.8) is 0 Å². The first-order valence-electron chi connectivity index (χ1n) is 11.0. The monoisotopic (exact) mass is 447 g/mol. The van der Waals surface area contributed by atoms with Crippen LogP contribution in [0.3, 0.4) is 0 Å². The molecule has 2 aromatic carbocycles. The Balaban J connectivity index is 1.53. The van der Waals surface area contributed by atoms with Gasteiger partial charge in [0.15, 0.2) is 0 Å². The molecule has 3 heterocycles. The maximum Gasteiger partial charge on any atom is 0.351 e. The second-order valence-corrected chi connectivity index (χ2v) is 8.24. The predicted molar refractivity (Wildman–Crippen MR) is 123 cm³/mol. The molecule has 0 radical (unpaired) electrons. The fraction of sp³-hybridized carbons (Fsp3) is 0.333. The quantitative estimate of drug-likeness (QED) is 0.488. The van der Waals surface area contributed by atoms with Crippen molar-refractivity contribution in [3.05, 3.63) is 64.1 Å². The minimum atomic E-state index is -0.429. The molecular weight excluding hydrogens is 422 g/mol. The molecule has 2 aromatic heterocycles. The van der Waals surface area contributed by atoms with Gasteiger partial charge in [-0.3, -0.25) is 4.79 Å². The number of aromatic nitrogens is 4. The molecule has 1 aliphatic heterocycles. The van der Waals surface area contributed by atoms with Gasteiger partial charge in [0.25, 0.3) is 5.88 Å². The van der Waals surface area contributed by atoms with E-state index in [4.69, 9.17) is 9.47 Å². The molecule has 9 heteroatoms. The van der Waals surface area contributed by atoms with Crippen LogP contribution in [0.5, 0.6) is 11.6 Å². The molecule has 4 aromatic rings. The number of rotatable bonds is 6. The van der Waals surface area contributed by atoms with Crippen LogP contribution in [-0.4, -0.2) is 44.3 Å². The normalized spacial score (nSPS) is 15.9. The van der Waals surface area contributed by atoms with E-state index in [9.17, 15) is 9.59 Å². The first-order valence-corrected chi connectivity index (χ1v) is 11.0. The minimum Gasteiger partial charge on any atom is -0.436 e. The molecule has 0 unspecified atom stereocenters. The van der Waals surface area contributed by atoms with Gasteiger partial charge in [-0.1, -0.05) is 24.3 Å². The summed E-state index contributed by atoms with van der Waals surface area (Å²) in [6.45, 7) is 4.90. The summed E-state index contributed by atoms with van der Waals surface area (Å²) in [6, 6.07) is 13.0. The average molecular weight is 447 g/mol. The van der Waals surface area contributed by atoms with Crippen LogP contribution in [0.1, 0.15) is 24.0 Å². The number of amides is 1. The van der Waals surface area contributed by atoms with E-state index in [1.54, 1.807) is 6.07 Å². The summed E-state index contributed by atoms with van der Waals surface area (Å²) in [6.07, 6.45) is 1.94. The Morgan fingerprint density at radius 2 is 2.06 bits per heavy atom. The third-order valence-corrected chi connectivity index (χ3v) is 5.98. The number of carbonyl (C=O) groups excluding carboxylic acids is 1. The number of ether oxygens (including phenoxy) is 2. The van der Waals surface area contributed by atoms with Crippen molar-refractivity contribution < 1.29 is 14.3 Å². The SMILES string of the molecule is Cc1cccc(Oc2nc3ccccc3n3c(=O)n(CC(=O)NC[C@@H]4CCCO4)nc23)c1C. The molecule has 9 nitrogen and oxygen atoms in total. The van der Waals surface area contributed by atoms with Crippen LogP contribution in [0.2, 0.25) is 0 Å². The molecule has 33 heavy (non-hydrogen) atoms. The lowest BCUT2D eigenvalue weighted by molar-refractivity contribution is -0.122. The Bertz CT molecular complexity index is 1400. The summed E-state index contributed by atoms with van der Waals surface area (Å²) in [5.41, 5.74) is 3.07. The average Bonchev–Trinajstić information content (AvgIpc) is 3.44. The van der Waals surface area contributed by atoms with E-state index < -0.39 is 5.69 Å². The lowest BCUT2D eigenvalue weighted by Gasteiger charge is -2.11. The van der Waals surface area contributed by atoms with Crippen LogP contribution in [0, 0.1) is 13.8 Å². The summed E-state index contributed by atoms with van der Waals surface area (Å²) >= 11 is 0. The van der Waals surface area contributed by atoms with E-state index in [-0.39, 0.29) is 30.1 Å². The van der Waals surface area contributed by atoms with Crippen LogP contribution < -0.4 is 15.7 Å². The summed E-state index contributed by atoms with van der Waals surface area (Å²) in [5.74, 6) is 0.541. The van der Waals surface area contributed by atoms with Gasteiger partial charge in [-0.2, -0.15) is 0 Å². The number of aryl methyl sites for hydroxylation is 1. The highest BCUT2D eigenvalue weighted by molar-refractivity contribution is 5.80. The number of nitrogens with zero attached hydrogens (tertiary/aromatic N) is 4. The summed E-state index contributed by atoms with van der Waals surface area (Å²) in [4.78, 5) is 30.4. The lowest BCUT2D eigenvalue weighted by atomic mass is 10.1. The van der Waals surface area contributed by atoms with Crippen molar-refractivity contribution in [1.29, 1.82) is 0 Å². The van der Waals surface area contributed by atoms with Gasteiger partial charge in [-0.05, 0) is 56.0 Å². The molecule has 1 saturated heterocycles. The zero-order valence-corrected chi connectivity index (χ0v) is 18.6. The molecule has 0 saturated carbocycles. The van der Waals surface area contributed by atoms with E-state index in [1.165, 1.54) is 4.40 Å². The molecule has 1 N–H and O–H groups in total. The molecule has 1 atom stereocenters. The van der Waals surface area contributed by atoms with Gasteiger partial charge in [-0.15, -0.1) is 5.10 Å². The number of benzene rings is 2. The van der Waals surface area contributed by atoms with Gasteiger partial charge in [0.2, 0.25) is 11.6 Å². The van der Waals surface area contributed by atoms with Gasteiger partial charge in [-0.25, -0.2) is 18.9 Å². The smallest absolute Gasteiger partial charge is 0.351 e.